The highest BCUT2D eigenvalue weighted by Crippen LogP contribution is 2.24. The molecular weight excluding hydrogens is 270 g/mol. The second-order valence-electron chi connectivity index (χ2n) is 5.75. The summed E-state index contributed by atoms with van der Waals surface area (Å²) < 4.78 is 10.9. The molecule has 0 aliphatic rings. The van der Waals surface area contributed by atoms with Crippen LogP contribution >= 0.6 is 0 Å². The molecule has 21 heavy (non-hydrogen) atoms. The van der Waals surface area contributed by atoms with Crippen molar-refractivity contribution in [3.8, 4) is 11.5 Å². The topological polar surface area (TPSA) is 64.6 Å². The highest BCUT2D eigenvalue weighted by Gasteiger charge is 2.15. The van der Waals surface area contributed by atoms with Crippen LogP contribution in [0.2, 0.25) is 0 Å². The van der Waals surface area contributed by atoms with Gasteiger partial charge in [0.05, 0.1) is 12.2 Å². The molecule has 0 heterocycles. The maximum absolute atomic E-state index is 11.7. The third-order valence-electron chi connectivity index (χ3n) is 2.46. The fraction of sp³-hybridized carbons (Fsp3) is 0.500. The molecular formula is C16H23NO4. The zero-order valence-electron chi connectivity index (χ0n) is 13.1. The summed E-state index contributed by atoms with van der Waals surface area (Å²) in [7, 11) is 0. The Morgan fingerprint density at radius 1 is 1.29 bits per heavy atom. The number of nitrogens with one attached hydrogen (secondary N) is 1. The van der Waals surface area contributed by atoms with Gasteiger partial charge in [0.2, 0.25) is 0 Å². The molecule has 0 bridgehead atoms. The molecule has 5 heteroatoms. The van der Waals surface area contributed by atoms with Crippen LogP contribution in [-0.2, 0) is 4.79 Å². The second kappa shape index (κ2) is 7.67. The highest BCUT2D eigenvalue weighted by atomic mass is 16.5. The largest absolute Gasteiger partial charge is 0.493 e. The van der Waals surface area contributed by atoms with E-state index in [1.807, 2.05) is 27.7 Å². The lowest BCUT2D eigenvalue weighted by Gasteiger charge is -2.20. The number of benzene rings is 1. The van der Waals surface area contributed by atoms with Crippen molar-refractivity contribution in [2.45, 2.75) is 39.7 Å². The van der Waals surface area contributed by atoms with E-state index in [1.165, 1.54) is 0 Å². The molecule has 0 aliphatic carbocycles. The Bertz CT molecular complexity index is 492. The first-order valence-corrected chi connectivity index (χ1v) is 7.01. The van der Waals surface area contributed by atoms with Crippen molar-refractivity contribution in [3.05, 3.63) is 23.8 Å². The molecule has 0 unspecified atom stereocenters. The molecule has 116 valence electrons. The minimum absolute atomic E-state index is 0.144. The van der Waals surface area contributed by atoms with Gasteiger partial charge in [-0.05, 0) is 39.3 Å². The summed E-state index contributed by atoms with van der Waals surface area (Å²) in [4.78, 5) is 22.7. The van der Waals surface area contributed by atoms with Gasteiger partial charge in [0, 0.05) is 11.6 Å². The average molecular weight is 293 g/mol. The lowest BCUT2D eigenvalue weighted by Crippen LogP contribution is -2.43. The Morgan fingerprint density at radius 2 is 2.00 bits per heavy atom. The fourth-order valence-corrected chi connectivity index (χ4v) is 1.64. The molecule has 0 aliphatic heterocycles. The van der Waals surface area contributed by atoms with Crippen LogP contribution in [0.15, 0.2) is 18.2 Å². The first kappa shape index (κ1) is 17.0. The summed E-state index contributed by atoms with van der Waals surface area (Å²) in [5, 5.41) is 2.79. The molecule has 0 saturated heterocycles. The van der Waals surface area contributed by atoms with E-state index in [0.717, 1.165) is 6.42 Å². The van der Waals surface area contributed by atoms with E-state index in [0.29, 0.717) is 30.0 Å². The first-order chi connectivity index (χ1) is 9.85. The number of rotatable bonds is 7. The van der Waals surface area contributed by atoms with E-state index in [9.17, 15) is 9.59 Å². The monoisotopic (exact) mass is 293 g/mol. The standard InChI is InChI=1S/C16H23NO4/c1-5-8-20-13-7-6-12(10-18)14(9-13)21-11-15(19)17-16(2,3)4/h6-7,9-10H,5,8,11H2,1-4H3,(H,17,19). The van der Waals surface area contributed by atoms with E-state index >= 15 is 0 Å². The van der Waals surface area contributed by atoms with Gasteiger partial charge in [-0.3, -0.25) is 9.59 Å². The molecule has 1 aromatic carbocycles. The van der Waals surface area contributed by atoms with Gasteiger partial charge in [0.1, 0.15) is 11.5 Å². The van der Waals surface area contributed by atoms with Crippen molar-refractivity contribution >= 4 is 12.2 Å². The van der Waals surface area contributed by atoms with E-state index in [2.05, 4.69) is 5.32 Å². The molecule has 0 atom stereocenters. The van der Waals surface area contributed by atoms with Crippen LogP contribution in [0.1, 0.15) is 44.5 Å². The van der Waals surface area contributed by atoms with E-state index in [1.54, 1.807) is 18.2 Å². The number of hydrogen-bond donors (Lipinski definition) is 1. The summed E-state index contributed by atoms with van der Waals surface area (Å²) in [6.07, 6.45) is 1.58. The van der Waals surface area contributed by atoms with Crippen molar-refractivity contribution in [1.29, 1.82) is 0 Å². The molecule has 0 fully saturated rings. The van der Waals surface area contributed by atoms with Crippen LogP contribution in [0.5, 0.6) is 11.5 Å². The Kier molecular flexibility index (Phi) is 6.21. The van der Waals surface area contributed by atoms with Gasteiger partial charge in [0.25, 0.3) is 5.91 Å². The third-order valence-corrected chi connectivity index (χ3v) is 2.46. The van der Waals surface area contributed by atoms with Crippen molar-refractivity contribution in [2.75, 3.05) is 13.2 Å². The van der Waals surface area contributed by atoms with E-state index < -0.39 is 0 Å². The van der Waals surface area contributed by atoms with Gasteiger partial charge in [-0.1, -0.05) is 6.92 Å². The van der Waals surface area contributed by atoms with Crippen LogP contribution in [0, 0.1) is 0 Å². The molecule has 5 nitrogen and oxygen atoms in total. The van der Waals surface area contributed by atoms with Crippen LogP contribution < -0.4 is 14.8 Å². The van der Waals surface area contributed by atoms with Crippen LogP contribution in [0.3, 0.4) is 0 Å². The highest BCUT2D eigenvalue weighted by molar-refractivity contribution is 5.81. The summed E-state index contributed by atoms with van der Waals surface area (Å²) >= 11 is 0. The molecule has 0 aromatic heterocycles. The third kappa shape index (κ3) is 6.29. The van der Waals surface area contributed by atoms with Gasteiger partial charge in [0.15, 0.2) is 12.9 Å². The minimum Gasteiger partial charge on any atom is -0.493 e. The molecule has 1 aromatic rings. The van der Waals surface area contributed by atoms with Crippen molar-refractivity contribution in [1.82, 2.24) is 5.32 Å². The molecule has 0 radical (unpaired) electrons. The molecule has 1 N–H and O–H groups in total. The molecule has 0 saturated carbocycles. The van der Waals surface area contributed by atoms with Gasteiger partial charge in [-0.25, -0.2) is 0 Å². The summed E-state index contributed by atoms with van der Waals surface area (Å²) in [5.74, 6) is 0.732. The first-order valence-electron chi connectivity index (χ1n) is 7.01. The molecule has 1 rings (SSSR count). The van der Waals surface area contributed by atoms with Crippen molar-refractivity contribution < 1.29 is 19.1 Å². The average Bonchev–Trinajstić information content (AvgIpc) is 2.41. The van der Waals surface area contributed by atoms with Crippen LogP contribution in [0.25, 0.3) is 0 Å². The summed E-state index contributed by atoms with van der Waals surface area (Å²) in [6.45, 7) is 8.12. The Morgan fingerprint density at radius 3 is 2.57 bits per heavy atom. The normalized spacial score (nSPS) is 10.9. The maximum atomic E-state index is 11.7. The number of aldehydes is 1. The predicted octanol–water partition coefficient (Wildman–Crippen LogP) is 2.58. The summed E-state index contributed by atoms with van der Waals surface area (Å²) in [5.41, 5.74) is 0.0717. The molecule has 0 spiro atoms. The Balaban J connectivity index is 2.71. The van der Waals surface area contributed by atoms with E-state index in [4.69, 9.17) is 9.47 Å². The minimum atomic E-state index is -0.319. The summed E-state index contributed by atoms with van der Waals surface area (Å²) in [6, 6.07) is 4.96. The Labute approximate surface area is 125 Å². The maximum Gasteiger partial charge on any atom is 0.258 e. The molecule has 1 amide bonds. The smallest absolute Gasteiger partial charge is 0.258 e. The lowest BCUT2D eigenvalue weighted by atomic mass is 10.1. The Hall–Kier alpha value is -2.04. The van der Waals surface area contributed by atoms with Gasteiger partial charge >= 0.3 is 0 Å². The van der Waals surface area contributed by atoms with Crippen LogP contribution in [-0.4, -0.2) is 30.9 Å². The van der Waals surface area contributed by atoms with Crippen LogP contribution in [0.4, 0.5) is 0 Å². The van der Waals surface area contributed by atoms with Gasteiger partial charge in [-0.2, -0.15) is 0 Å². The predicted molar refractivity (Wildman–Crippen MR) is 81.0 cm³/mol. The number of ether oxygens (including phenoxy) is 2. The lowest BCUT2D eigenvalue weighted by molar-refractivity contribution is -0.124. The van der Waals surface area contributed by atoms with Gasteiger partial charge in [-0.15, -0.1) is 0 Å². The SMILES string of the molecule is CCCOc1ccc(C=O)c(OCC(=O)NC(C)(C)C)c1. The van der Waals surface area contributed by atoms with E-state index in [-0.39, 0.29) is 18.1 Å². The van der Waals surface area contributed by atoms with Crippen molar-refractivity contribution in [2.24, 2.45) is 0 Å². The zero-order chi connectivity index (χ0) is 15.9. The number of hydrogen-bond acceptors (Lipinski definition) is 4. The number of carbonyl (C=O) groups is 2. The van der Waals surface area contributed by atoms with Crippen molar-refractivity contribution in [3.63, 3.8) is 0 Å². The fourth-order valence-electron chi connectivity index (χ4n) is 1.64. The quantitative estimate of drug-likeness (QED) is 0.785. The zero-order valence-corrected chi connectivity index (χ0v) is 13.1. The second-order valence-corrected chi connectivity index (χ2v) is 5.75. The number of amides is 1. The number of carbonyl (C=O) groups excluding carboxylic acids is 2. The van der Waals surface area contributed by atoms with Gasteiger partial charge < -0.3 is 14.8 Å².